The first kappa shape index (κ1) is 31.5. The van der Waals surface area contributed by atoms with Gasteiger partial charge in [0.2, 0.25) is 0 Å². The number of carboxylic acid groups (broad SMARTS) is 4. The Labute approximate surface area is 157 Å². The van der Waals surface area contributed by atoms with E-state index in [1.165, 1.54) is 6.07 Å². The van der Waals surface area contributed by atoms with Gasteiger partial charge in [-0.25, -0.2) is 0 Å². The molecular weight excluding hydrogens is 388 g/mol. The molecule has 0 aromatic carbocycles. The van der Waals surface area contributed by atoms with Crippen molar-refractivity contribution >= 4 is 40.2 Å². The van der Waals surface area contributed by atoms with Gasteiger partial charge < -0.3 is 69.1 Å². The van der Waals surface area contributed by atoms with Crippen molar-refractivity contribution in [3.05, 3.63) is 16.0 Å². The minimum absolute atomic E-state index is 0. The van der Waals surface area contributed by atoms with Crippen molar-refractivity contribution in [2.75, 3.05) is 18.0 Å². The molecule has 0 saturated carbocycles. The van der Waals surface area contributed by atoms with E-state index in [-0.39, 0.29) is 29.6 Å². The first-order chi connectivity index (χ1) is 10.7. The van der Waals surface area contributed by atoms with Crippen LogP contribution in [0.4, 0.5) is 5.00 Å². The van der Waals surface area contributed by atoms with Crippen LogP contribution in [0, 0.1) is 11.3 Å². The van der Waals surface area contributed by atoms with Gasteiger partial charge in [0.05, 0.1) is 41.4 Å². The van der Waals surface area contributed by atoms with Gasteiger partial charge in [-0.2, -0.15) is 5.26 Å². The van der Waals surface area contributed by atoms with E-state index >= 15 is 0 Å². The van der Waals surface area contributed by atoms with E-state index < -0.39 is 59.4 Å². The molecule has 27 heavy (non-hydrogen) atoms. The highest BCUT2D eigenvalue weighted by Crippen LogP contribution is 2.35. The third-order valence-electron chi connectivity index (χ3n) is 2.53. The Morgan fingerprint density at radius 1 is 0.889 bits per heavy atom. The van der Waals surface area contributed by atoms with E-state index in [0.717, 1.165) is 0 Å². The van der Waals surface area contributed by atoms with Crippen LogP contribution in [0.1, 0.15) is 20.8 Å². The lowest BCUT2D eigenvalue weighted by atomic mass is 10.1. The lowest BCUT2D eigenvalue weighted by Crippen LogP contribution is -2.44. The maximum absolute atomic E-state index is 11.1. The molecule has 0 atom stereocenters. The molecule has 0 spiro atoms. The lowest BCUT2D eigenvalue weighted by molar-refractivity contribution is -0.306. The quantitative estimate of drug-likeness (QED) is 0.322. The second-order valence-corrected chi connectivity index (χ2v) is 5.14. The lowest BCUT2D eigenvalue weighted by Gasteiger charge is -2.24. The van der Waals surface area contributed by atoms with Crippen LogP contribution in [-0.4, -0.2) is 37.0 Å². The van der Waals surface area contributed by atoms with Gasteiger partial charge in [-0.1, -0.05) is 0 Å². The predicted molar refractivity (Wildman–Crippen MR) is 88.2 cm³/mol. The molecule has 154 valence electrons. The topological polar surface area (TPSA) is 334 Å². The highest BCUT2D eigenvalue weighted by molar-refractivity contribution is 7.18. The maximum atomic E-state index is 11.1. The predicted octanol–water partition coefficient (Wildman–Crippen LogP) is -3.91. The van der Waals surface area contributed by atoms with Gasteiger partial charge in [0, 0.05) is 12.4 Å². The fourth-order valence-electron chi connectivity index (χ4n) is 1.78. The van der Waals surface area contributed by atoms with Gasteiger partial charge in [-0.3, -0.25) is 0 Å². The third-order valence-corrected chi connectivity index (χ3v) is 3.81. The fraction of sp³-hybridized carbons (Fsp3) is 0.250. The smallest absolute Gasteiger partial charge is 0.111 e. The van der Waals surface area contributed by atoms with Crippen LogP contribution in [-0.2, 0) is 20.8 Å². The summed E-state index contributed by atoms with van der Waals surface area (Å²) < 4.78 is 0. The highest BCUT2D eigenvalue weighted by atomic mass is 32.1. The number of hydrogen-bond donors (Lipinski definition) is 4. The molecule has 1 heterocycles. The van der Waals surface area contributed by atoms with Crippen molar-refractivity contribution in [1.29, 1.82) is 5.26 Å². The normalized spacial score (nSPS) is 8.41. The number of anilines is 1. The van der Waals surface area contributed by atoms with Crippen molar-refractivity contribution in [2.24, 2.45) is 0 Å². The van der Waals surface area contributed by atoms with E-state index in [1.54, 1.807) is 0 Å². The summed E-state index contributed by atoms with van der Waals surface area (Å²) in [7, 11) is 0. The second-order valence-electron chi connectivity index (χ2n) is 4.14. The van der Waals surface area contributed by atoms with Crippen LogP contribution >= 0.6 is 11.3 Å². The van der Waals surface area contributed by atoms with Crippen LogP contribution in [0.3, 0.4) is 0 Å². The Balaban J connectivity index is -0.000000661. The largest absolute Gasteiger partial charge is 0.550 e. The zero-order valence-corrected chi connectivity index (χ0v) is 16.0. The Hall–Kier alpha value is -3.29. The van der Waals surface area contributed by atoms with E-state index in [4.69, 9.17) is 5.26 Å². The fourth-order valence-corrected chi connectivity index (χ4v) is 2.88. The molecule has 1 aromatic rings. The number of carbonyl (C=O) groups excluding carboxylic acids is 4. The number of hydrogen-bond acceptors (Lipinski definition) is 11. The van der Waals surface area contributed by atoms with Crippen LogP contribution in [0.25, 0.3) is 0 Å². The minimum atomic E-state index is -1.80. The Kier molecular flexibility index (Phi) is 15.1. The molecule has 0 aliphatic rings. The highest BCUT2D eigenvalue weighted by Gasteiger charge is 2.23. The Morgan fingerprint density at radius 2 is 1.33 bits per heavy atom. The molecule has 0 radical (unpaired) electrons. The van der Waals surface area contributed by atoms with E-state index in [0.29, 0.717) is 16.2 Å². The molecule has 14 nitrogen and oxygen atoms in total. The molecule has 0 saturated heterocycles. The maximum Gasteiger partial charge on any atom is 0.111 e. The summed E-state index contributed by atoms with van der Waals surface area (Å²) in [5.41, 5.74) is -0.935. The molecule has 0 aliphatic carbocycles. The number of carbonyl (C=O) groups is 4. The van der Waals surface area contributed by atoms with Crippen molar-refractivity contribution in [3.8, 4) is 6.07 Å². The monoisotopic (exact) mass is 410 g/mol. The van der Waals surface area contributed by atoms with Gasteiger partial charge in [0.25, 0.3) is 0 Å². The average Bonchev–Trinajstić information content (AvgIpc) is 2.74. The van der Waals surface area contributed by atoms with Crippen LogP contribution in [0.5, 0.6) is 0 Å². The van der Waals surface area contributed by atoms with Gasteiger partial charge in [0.1, 0.15) is 11.1 Å². The summed E-state index contributed by atoms with van der Waals surface area (Å²) in [5.74, 6) is -6.87. The molecule has 1 rings (SSSR count). The van der Waals surface area contributed by atoms with Crippen molar-refractivity contribution in [1.82, 2.24) is 24.6 Å². The first-order valence-corrected chi connectivity index (χ1v) is 6.60. The number of carboxylic acids is 4. The molecule has 0 amide bonds. The minimum Gasteiger partial charge on any atom is -0.550 e. The number of thiophene rings is 1. The van der Waals surface area contributed by atoms with Gasteiger partial charge in [-0.05, 0) is 5.56 Å². The van der Waals surface area contributed by atoms with E-state index in [2.05, 4.69) is 0 Å². The van der Waals surface area contributed by atoms with Crippen LogP contribution in [0.2, 0.25) is 0 Å². The number of nitriles is 1. The summed E-state index contributed by atoms with van der Waals surface area (Å²) in [6.07, 6.45) is -0.937. The van der Waals surface area contributed by atoms with E-state index in [9.17, 15) is 39.6 Å². The molecule has 0 bridgehead atoms. The summed E-state index contributed by atoms with van der Waals surface area (Å²) in [4.78, 5) is 43.1. The van der Waals surface area contributed by atoms with Crippen LogP contribution < -0.4 is 49.9 Å². The summed E-state index contributed by atoms with van der Waals surface area (Å²) >= 11 is 0.321. The molecule has 0 aliphatic heterocycles. The molecule has 0 unspecified atom stereocenters. The van der Waals surface area contributed by atoms with E-state index in [1.807, 2.05) is 0 Å². The molecule has 16 N–H and O–H groups in total. The number of aromatic carboxylic acids is 1. The standard InChI is InChI=1S/C12H10N2O8S.4H3N/c13-2-6-5(1-7(15)16)10(12(21)22)23-11(6)14(3-8(17)18)4-9(19)20;;;;/h1,3-4H2,(H,15,16)(H,17,18)(H,19,20)(H,21,22);4*1H3. The summed E-state index contributed by atoms with van der Waals surface area (Å²) in [6.45, 7) is -1.94. The summed E-state index contributed by atoms with van der Waals surface area (Å²) in [5, 5.41) is 51.9. The summed E-state index contributed by atoms with van der Waals surface area (Å²) in [6, 6.07) is 1.53. The number of nitrogens with zero attached hydrogens (tertiary/aromatic N) is 2. The molecule has 1 aromatic heterocycles. The zero-order valence-electron chi connectivity index (χ0n) is 15.2. The second kappa shape index (κ2) is 13.0. The van der Waals surface area contributed by atoms with Gasteiger partial charge in [-0.15, -0.1) is 11.3 Å². The van der Waals surface area contributed by atoms with Gasteiger partial charge in [0.15, 0.2) is 0 Å². The molecular formula is C12H22N6O8S. The number of quaternary nitrogens is 4. The van der Waals surface area contributed by atoms with Crippen molar-refractivity contribution in [2.45, 2.75) is 6.42 Å². The average molecular weight is 410 g/mol. The SMILES string of the molecule is N#Cc1c(N(CC(=O)[O-])CC(=O)[O-])sc(C(=O)[O-])c1CC(=O)[O-].[NH4+].[NH4+].[NH4+].[NH4+]. The Morgan fingerprint density at radius 3 is 1.63 bits per heavy atom. The van der Waals surface area contributed by atoms with Crippen molar-refractivity contribution < 1.29 is 39.6 Å². The first-order valence-electron chi connectivity index (χ1n) is 5.79. The van der Waals surface area contributed by atoms with Gasteiger partial charge >= 0.3 is 0 Å². The van der Waals surface area contributed by atoms with Crippen molar-refractivity contribution in [3.63, 3.8) is 0 Å². The molecule has 0 fully saturated rings. The number of rotatable bonds is 8. The zero-order chi connectivity index (χ0) is 17.7. The number of aliphatic carboxylic acids is 3. The molecule has 15 heteroatoms. The third kappa shape index (κ3) is 8.08. The Bertz CT molecular complexity index is 712. The van der Waals surface area contributed by atoms with Crippen LogP contribution in [0.15, 0.2) is 0 Å².